The Kier molecular flexibility index (Phi) is 6.45. The van der Waals surface area contributed by atoms with Crippen LogP contribution in [0.2, 0.25) is 5.15 Å². The van der Waals surface area contributed by atoms with Crippen molar-refractivity contribution in [2.24, 2.45) is 0 Å². The molecule has 6 heteroatoms. The molecule has 21 heavy (non-hydrogen) atoms. The highest BCUT2D eigenvalue weighted by molar-refractivity contribution is 7.85. The highest BCUT2D eigenvalue weighted by atomic mass is 35.5. The summed E-state index contributed by atoms with van der Waals surface area (Å²) in [5.41, 5.74) is 1.02. The van der Waals surface area contributed by atoms with Gasteiger partial charge in [-0.3, -0.25) is 4.21 Å². The van der Waals surface area contributed by atoms with Crippen molar-refractivity contribution in [3.63, 3.8) is 0 Å². The third-order valence-electron chi connectivity index (χ3n) is 3.38. The van der Waals surface area contributed by atoms with Crippen molar-refractivity contribution in [1.29, 1.82) is 0 Å². The third-order valence-corrected chi connectivity index (χ3v) is 5.41. The Hall–Kier alpha value is -0.650. The molecule has 3 rings (SSSR count). The lowest BCUT2D eigenvalue weighted by molar-refractivity contribution is 0.122. The van der Waals surface area contributed by atoms with Gasteiger partial charge in [0.25, 0.3) is 0 Å². The van der Waals surface area contributed by atoms with E-state index in [4.69, 9.17) is 16.3 Å². The van der Waals surface area contributed by atoms with Gasteiger partial charge in [-0.05, 0) is 30.5 Å². The van der Waals surface area contributed by atoms with Gasteiger partial charge in [0.15, 0.2) is 0 Å². The van der Waals surface area contributed by atoms with Gasteiger partial charge in [0.1, 0.15) is 11.0 Å². The molecule has 1 atom stereocenters. The first-order valence-corrected chi connectivity index (χ1v) is 9.35. The molecule has 1 unspecified atom stereocenters. The van der Waals surface area contributed by atoms with Crippen LogP contribution in [0.15, 0.2) is 12.1 Å². The zero-order valence-electron chi connectivity index (χ0n) is 12.7. The van der Waals surface area contributed by atoms with E-state index in [0.29, 0.717) is 16.2 Å². The van der Waals surface area contributed by atoms with E-state index in [0.717, 1.165) is 50.5 Å². The van der Waals surface area contributed by atoms with Gasteiger partial charge < -0.3 is 9.64 Å². The second-order valence-electron chi connectivity index (χ2n) is 4.98. The average Bonchev–Trinajstić information content (AvgIpc) is 3.34. The Labute approximate surface area is 134 Å². The quantitative estimate of drug-likeness (QED) is 0.796. The van der Waals surface area contributed by atoms with Gasteiger partial charge in [-0.15, -0.1) is 0 Å². The minimum Gasteiger partial charge on any atom is -0.378 e. The number of hydrogen-bond donors (Lipinski definition) is 0. The fourth-order valence-corrected chi connectivity index (χ4v) is 3.80. The van der Waals surface area contributed by atoms with Crippen LogP contribution in [0.5, 0.6) is 0 Å². The molecule has 2 aliphatic rings. The molecule has 1 aromatic rings. The van der Waals surface area contributed by atoms with Crippen LogP contribution in [0.25, 0.3) is 0 Å². The van der Waals surface area contributed by atoms with Crippen molar-refractivity contribution in [1.82, 2.24) is 4.98 Å². The standard InChI is InChI=1S/C13H17ClN2O2S.C2H6/c14-12-7-10(9-19(17)11-1-2-11)8-13(15-12)16-3-5-18-6-4-16;1-2/h7-8,11H,1-6,9H2;1-2H3. The Bertz CT molecular complexity index is 489. The van der Waals surface area contributed by atoms with E-state index < -0.39 is 10.8 Å². The Balaban J connectivity index is 0.000000774. The van der Waals surface area contributed by atoms with Crippen molar-refractivity contribution in [2.75, 3.05) is 31.2 Å². The number of nitrogens with zero attached hydrogens (tertiary/aromatic N) is 2. The number of pyridine rings is 1. The van der Waals surface area contributed by atoms with Gasteiger partial charge in [0.05, 0.1) is 13.2 Å². The lowest BCUT2D eigenvalue weighted by atomic mass is 10.3. The summed E-state index contributed by atoms with van der Waals surface area (Å²) in [5.74, 6) is 1.46. The zero-order valence-corrected chi connectivity index (χ0v) is 14.3. The number of rotatable bonds is 4. The van der Waals surface area contributed by atoms with E-state index in [1.807, 2.05) is 26.0 Å². The van der Waals surface area contributed by atoms with E-state index in [1.165, 1.54) is 0 Å². The lowest BCUT2D eigenvalue weighted by Crippen LogP contribution is -2.36. The van der Waals surface area contributed by atoms with Crippen molar-refractivity contribution < 1.29 is 8.95 Å². The SMILES string of the molecule is CC.O=S(Cc1cc(Cl)nc(N2CCOCC2)c1)C1CC1. The summed E-state index contributed by atoms with van der Waals surface area (Å²) in [6, 6.07) is 3.84. The van der Waals surface area contributed by atoms with E-state index >= 15 is 0 Å². The molecule has 0 spiro atoms. The molecule has 1 saturated heterocycles. The zero-order chi connectivity index (χ0) is 15.2. The number of aromatic nitrogens is 1. The van der Waals surface area contributed by atoms with Gasteiger partial charge in [0.2, 0.25) is 0 Å². The summed E-state index contributed by atoms with van der Waals surface area (Å²) in [6.07, 6.45) is 2.20. The maximum Gasteiger partial charge on any atom is 0.131 e. The summed E-state index contributed by atoms with van der Waals surface area (Å²) in [5, 5.41) is 0.880. The lowest BCUT2D eigenvalue weighted by Gasteiger charge is -2.28. The first kappa shape index (κ1) is 16.7. The van der Waals surface area contributed by atoms with Gasteiger partial charge >= 0.3 is 0 Å². The predicted molar refractivity (Wildman–Crippen MR) is 88.5 cm³/mol. The Morgan fingerprint density at radius 3 is 2.62 bits per heavy atom. The van der Waals surface area contributed by atoms with Gasteiger partial charge in [-0.25, -0.2) is 4.98 Å². The first-order valence-electron chi connectivity index (χ1n) is 7.59. The molecule has 0 aromatic carbocycles. The van der Waals surface area contributed by atoms with Crippen molar-refractivity contribution in [2.45, 2.75) is 37.7 Å². The molecular weight excluding hydrogens is 308 g/mol. The highest BCUT2D eigenvalue weighted by Gasteiger charge is 2.28. The summed E-state index contributed by atoms with van der Waals surface area (Å²) < 4.78 is 17.3. The van der Waals surface area contributed by atoms with Crippen LogP contribution in [0.4, 0.5) is 5.82 Å². The maximum absolute atomic E-state index is 12.0. The molecule has 118 valence electrons. The number of hydrogen-bond acceptors (Lipinski definition) is 4. The molecule has 1 aromatic heterocycles. The minimum atomic E-state index is -0.763. The first-order chi connectivity index (χ1) is 10.2. The van der Waals surface area contributed by atoms with Crippen LogP contribution in [0.3, 0.4) is 0 Å². The van der Waals surface area contributed by atoms with Gasteiger partial charge in [0, 0.05) is 34.9 Å². The monoisotopic (exact) mass is 330 g/mol. The Morgan fingerprint density at radius 1 is 1.33 bits per heavy atom. The van der Waals surface area contributed by atoms with E-state index in [-0.39, 0.29) is 0 Å². The predicted octanol–water partition coefficient (Wildman–Crippen LogP) is 3.01. The number of morpholine rings is 1. The van der Waals surface area contributed by atoms with Crippen LogP contribution in [-0.4, -0.2) is 40.7 Å². The second kappa shape index (κ2) is 8.11. The van der Waals surface area contributed by atoms with Crippen LogP contribution in [0, 0.1) is 0 Å². The van der Waals surface area contributed by atoms with Crippen molar-refractivity contribution in [3.05, 3.63) is 22.8 Å². The molecular formula is C15H23ClN2O2S. The molecule has 1 saturated carbocycles. The highest BCUT2D eigenvalue weighted by Crippen LogP contribution is 2.29. The largest absolute Gasteiger partial charge is 0.378 e. The van der Waals surface area contributed by atoms with Gasteiger partial charge in [-0.2, -0.15) is 0 Å². The number of ether oxygens (including phenoxy) is 1. The molecule has 0 N–H and O–H groups in total. The van der Waals surface area contributed by atoms with Crippen LogP contribution < -0.4 is 4.90 Å². The minimum absolute atomic E-state index is 0.402. The van der Waals surface area contributed by atoms with Crippen LogP contribution in [0.1, 0.15) is 32.3 Å². The summed E-state index contributed by atoms with van der Waals surface area (Å²) in [7, 11) is -0.763. The van der Waals surface area contributed by atoms with E-state index in [1.54, 1.807) is 0 Å². The number of halogens is 1. The molecule has 0 amide bonds. The maximum atomic E-state index is 12.0. The van der Waals surface area contributed by atoms with E-state index in [2.05, 4.69) is 9.88 Å². The van der Waals surface area contributed by atoms with Crippen LogP contribution in [-0.2, 0) is 21.3 Å². The smallest absolute Gasteiger partial charge is 0.131 e. The van der Waals surface area contributed by atoms with Crippen molar-refractivity contribution >= 4 is 28.2 Å². The van der Waals surface area contributed by atoms with Crippen LogP contribution >= 0.6 is 11.6 Å². The molecule has 1 aliphatic heterocycles. The summed E-state index contributed by atoms with van der Waals surface area (Å²) in [6.45, 7) is 7.10. The second-order valence-corrected chi connectivity index (χ2v) is 7.08. The molecule has 0 radical (unpaired) electrons. The average molecular weight is 331 g/mol. The summed E-state index contributed by atoms with van der Waals surface area (Å²) >= 11 is 6.08. The fourth-order valence-electron chi connectivity index (χ4n) is 2.19. The fraction of sp³-hybridized carbons (Fsp3) is 0.667. The topological polar surface area (TPSA) is 42.4 Å². The third kappa shape index (κ3) is 4.94. The number of anilines is 1. The normalized spacial score (nSPS) is 19.7. The Morgan fingerprint density at radius 2 is 2.00 bits per heavy atom. The molecule has 2 heterocycles. The molecule has 2 fully saturated rings. The van der Waals surface area contributed by atoms with E-state index in [9.17, 15) is 4.21 Å². The molecule has 1 aliphatic carbocycles. The van der Waals surface area contributed by atoms with Crippen molar-refractivity contribution in [3.8, 4) is 0 Å². The summed E-state index contributed by atoms with van der Waals surface area (Å²) in [4.78, 5) is 6.53. The van der Waals surface area contributed by atoms with Gasteiger partial charge in [-0.1, -0.05) is 25.4 Å². The molecule has 0 bridgehead atoms. The molecule has 4 nitrogen and oxygen atoms in total.